The second-order valence-electron chi connectivity index (χ2n) is 6.90. The van der Waals surface area contributed by atoms with Crippen LogP contribution in [0.3, 0.4) is 0 Å². The molecule has 0 atom stereocenters. The van der Waals surface area contributed by atoms with Gasteiger partial charge in [-0.1, -0.05) is 29.8 Å². The standard InChI is InChI=1S/C23H14ClFN4O4/c24-15-9-14(22(30)21(10-15)29(32)33)12-26-28-23(31)18-11-20(13-5-7-16(25)8-6-13)27-19-4-2-1-3-17(18)19/h1-12,30H,(H,28,31)/b26-12+. The van der Waals surface area contributed by atoms with E-state index < -0.39 is 28.1 Å². The Morgan fingerprint density at radius 2 is 1.88 bits per heavy atom. The molecule has 0 aliphatic heterocycles. The minimum atomic E-state index is -0.781. The predicted molar refractivity (Wildman–Crippen MR) is 122 cm³/mol. The van der Waals surface area contributed by atoms with Crippen molar-refractivity contribution in [3.8, 4) is 17.0 Å². The molecule has 33 heavy (non-hydrogen) atoms. The number of halogens is 2. The monoisotopic (exact) mass is 464 g/mol. The number of phenolic OH excluding ortho intramolecular Hbond substituents is 1. The Balaban J connectivity index is 1.67. The van der Waals surface area contributed by atoms with Crippen LogP contribution in [0.4, 0.5) is 10.1 Å². The van der Waals surface area contributed by atoms with E-state index in [4.69, 9.17) is 11.6 Å². The number of nitro groups is 1. The number of hydrogen-bond acceptors (Lipinski definition) is 6. The normalized spacial score (nSPS) is 11.1. The molecule has 4 aromatic rings. The molecule has 1 aromatic heterocycles. The van der Waals surface area contributed by atoms with Crippen LogP contribution in [0.5, 0.6) is 5.75 Å². The lowest BCUT2D eigenvalue weighted by Crippen LogP contribution is -2.18. The van der Waals surface area contributed by atoms with Crippen molar-refractivity contribution in [2.75, 3.05) is 0 Å². The first-order chi connectivity index (χ1) is 15.8. The van der Waals surface area contributed by atoms with Gasteiger partial charge in [0, 0.05) is 27.6 Å². The Bertz CT molecular complexity index is 1420. The number of fused-ring (bicyclic) bond motifs is 1. The van der Waals surface area contributed by atoms with Crippen molar-refractivity contribution in [3.05, 3.63) is 98.8 Å². The van der Waals surface area contributed by atoms with Gasteiger partial charge < -0.3 is 5.11 Å². The third-order valence-corrected chi connectivity index (χ3v) is 4.97. The number of aromatic nitrogens is 1. The molecule has 0 saturated heterocycles. The average molecular weight is 465 g/mol. The highest BCUT2D eigenvalue weighted by Gasteiger charge is 2.18. The van der Waals surface area contributed by atoms with Crippen LogP contribution in [0.2, 0.25) is 5.02 Å². The third kappa shape index (κ3) is 4.63. The molecule has 0 fully saturated rings. The molecule has 0 saturated carbocycles. The highest BCUT2D eigenvalue weighted by atomic mass is 35.5. The van der Waals surface area contributed by atoms with Gasteiger partial charge in [0.15, 0.2) is 0 Å². The van der Waals surface area contributed by atoms with Crippen molar-refractivity contribution in [2.24, 2.45) is 5.10 Å². The lowest BCUT2D eigenvalue weighted by molar-refractivity contribution is -0.385. The number of nitrogens with one attached hydrogen (secondary N) is 1. The highest BCUT2D eigenvalue weighted by Crippen LogP contribution is 2.32. The first kappa shape index (κ1) is 21.8. The Morgan fingerprint density at radius 1 is 1.15 bits per heavy atom. The first-order valence-electron chi connectivity index (χ1n) is 9.49. The smallest absolute Gasteiger partial charge is 0.312 e. The zero-order chi connectivity index (χ0) is 23.5. The van der Waals surface area contributed by atoms with Crippen molar-refractivity contribution < 1.29 is 19.2 Å². The van der Waals surface area contributed by atoms with E-state index in [2.05, 4.69) is 15.5 Å². The van der Waals surface area contributed by atoms with Crippen molar-refractivity contribution in [3.63, 3.8) is 0 Å². The molecule has 0 radical (unpaired) electrons. The van der Waals surface area contributed by atoms with Crippen LogP contribution in [-0.2, 0) is 0 Å². The third-order valence-electron chi connectivity index (χ3n) is 4.75. The van der Waals surface area contributed by atoms with E-state index in [-0.39, 0.29) is 16.1 Å². The minimum Gasteiger partial charge on any atom is -0.502 e. The van der Waals surface area contributed by atoms with Crippen LogP contribution < -0.4 is 5.43 Å². The summed E-state index contributed by atoms with van der Waals surface area (Å²) in [6.07, 6.45) is 1.05. The Labute approximate surface area is 191 Å². The molecule has 4 rings (SSSR count). The largest absolute Gasteiger partial charge is 0.502 e. The summed E-state index contributed by atoms with van der Waals surface area (Å²) in [5.41, 5.74) is 3.62. The van der Waals surface area contributed by atoms with Gasteiger partial charge in [0.05, 0.1) is 27.9 Å². The van der Waals surface area contributed by atoms with Gasteiger partial charge in [-0.25, -0.2) is 14.8 Å². The molecule has 2 N–H and O–H groups in total. The fraction of sp³-hybridized carbons (Fsp3) is 0. The van der Waals surface area contributed by atoms with E-state index in [1.165, 1.54) is 18.2 Å². The van der Waals surface area contributed by atoms with E-state index in [1.807, 2.05) is 0 Å². The Kier molecular flexibility index (Phi) is 5.97. The van der Waals surface area contributed by atoms with Gasteiger partial charge in [-0.15, -0.1) is 0 Å². The van der Waals surface area contributed by atoms with Gasteiger partial charge >= 0.3 is 5.69 Å². The summed E-state index contributed by atoms with van der Waals surface area (Å²) in [6, 6.07) is 16.5. The van der Waals surface area contributed by atoms with Gasteiger partial charge in [0.2, 0.25) is 5.75 Å². The molecule has 1 amide bonds. The maximum atomic E-state index is 13.3. The summed E-state index contributed by atoms with van der Waals surface area (Å²) in [5.74, 6) is -1.60. The molecule has 8 nitrogen and oxygen atoms in total. The van der Waals surface area contributed by atoms with Gasteiger partial charge in [-0.3, -0.25) is 14.9 Å². The topological polar surface area (TPSA) is 118 Å². The number of rotatable bonds is 5. The number of carbonyl (C=O) groups excluding carboxylic acids is 1. The quantitative estimate of drug-likeness (QED) is 0.243. The molecular weight excluding hydrogens is 451 g/mol. The summed E-state index contributed by atoms with van der Waals surface area (Å²) in [5, 5.41) is 25.5. The van der Waals surface area contributed by atoms with E-state index in [0.717, 1.165) is 12.3 Å². The molecule has 3 aromatic carbocycles. The lowest BCUT2D eigenvalue weighted by Gasteiger charge is -2.09. The number of aromatic hydroxyl groups is 1. The molecule has 0 unspecified atom stereocenters. The molecule has 164 valence electrons. The average Bonchev–Trinajstić information content (AvgIpc) is 2.80. The van der Waals surface area contributed by atoms with Gasteiger partial charge in [-0.2, -0.15) is 5.10 Å². The number of para-hydroxylation sites is 1. The number of pyridine rings is 1. The van der Waals surface area contributed by atoms with Crippen molar-refractivity contribution in [1.82, 2.24) is 10.4 Å². The number of amides is 1. The molecule has 0 aliphatic carbocycles. The number of nitro benzene ring substituents is 1. The number of nitrogens with zero attached hydrogens (tertiary/aromatic N) is 3. The summed E-state index contributed by atoms with van der Waals surface area (Å²) >= 11 is 5.86. The minimum absolute atomic E-state index is 0.0244. The molecule has 10 heteroatoms. The van der Waals surface area contributed by atoms with Gasteiger partial charge in [-0.05, 0) is 42.5 Å². The zero-order valence-electron chi connectivity index (χ0n) is 16.7. The number of carbonyl (C=O) groups is 1. The highest BCUT2D eigenvalue weighted by molar-refractivity contribution is 6.31. The number of hydrogen-bond donors (Lipinski definition) is 2. The van der Waals surface area contributed by atoms with Crippen LogP contribution in [0.1, 0.15) is 15.9 Å². The second kappa shape index (κ2) is 9.01. The summed E-state index contributed by atoms with van der Waals surface area (Å²) in [6.45, 7) is 0. The fourth-order valence-electron chi connectivity index (χ4n) is 3.20. The van der Waals surface area contributed by atoms with Crippen LogP contribution in [0.15, 0.2) is 71.8 Å². The summed E-state index contributed by atoms with van der Waals surface area (Å²) in [7, 11) is 0. The number of hydrazone groups is 1. The summed E-state index contributed by atoms with van der Waals surface area (Å²) < 4.78 is 13.3. The maximum Gasteiger partial charge on any atom is 0.312 e. The van der Waals surface area contributed by atoms with E-state index in [1.54, 1.807) is 42.5 Å². The van der Waals surface area contributed by atoms with Crippen molar-refractivity contribution in [2.45, 2.75) is 0 Å². The van der Waals surface area contributed by atoms with E-state index >= 15 is 0 Å². The number of phenols is 1. The Hall–Kier alpha value is -4.37. The lowest BCUT2D eigenvalue weighted by atomic mass is 10.0. The van der Waals surface area contributed by atoms with Gasteiger partial charge in [0.25, 0.3) is 5.91 Å². The molecule has 0 aliphatic rings. The van der Waals surface area contributed by atoms with Crippen LogP contribution >= 0.6 is 11.6 Å². The second-order valence-corrected chi connectivity index (χ2v) is 7.33. The Morgan fingerprint density at radius 3 is 2.61 bits per heavy atom. The SMILES string of the molecule is O=C(N/N=C/c1cc(Cl)cc([N+](=O)[O-])c1O)c1cc(-c2ccc(F)cc2)nc2ccccc12. The summed E-state index contributed by atoms with van der Waals surface area (Å²) in [4.78, 5) is 27.7. The van der Waals surface area contributed by atoms with Crippen LogP contribution in [0.25, 0.3) is 22.2 Å². The fourth-order valence-corrected chi connectivity index (χ4v) is 3.42. The maximum absolute atomic E-state index is 13.3. The van der Waals surface area contributed by atoms with Gasteiger partial charge in [0.1, 0.15) is 5.82 Å². The van der Waals surface area contributed by atoms with Crippen molar-refractivity contribution >= 4 is 40.3 Å². The predicted octanol–water partition coefficient (Wildman–Crippen LogP) is 5.07. The number of benzene rings is 3. The molecule has 0 bridgehead atoms. The van der Waals surface area contributed by atoms with E-state index in [0.29, 0.717) is 22.2 Å². The molecule has 0 spiro atoms. The van der Waals surface area contributed by atoms with Crippen molar-refractivity contribution in [1.29, 1.82) is 0 Å². The zero-order valence-corrected chi connectivity index (χ0v) is 17.5. The van der Waals surface area contributed by atoms with E-state index in [9.17, 15) is 24.4 Å². The first-order valence-corrected chi connectivity index (χ1v) is 9.87. The molecule has 1 heterocycles. The van der Waals surface area contributed by atoms with Crippen LogP contribution in [-0.4, -0.2) is 27.1 Å². The van der Waals surface area contributed by atoms with Crippen LogP contribution in [0, 0.1) is 15.9 Å². The molecular formula is C23H14ClFN4O4.